The van der Waals surface area contributed by atoms with E-state index in [9.17, 15) is 0 Å². The Labute approximate surface area is 112 Å². The first-order valence-corrected chi connectivity index (χ1v) is 7.18. The third-order valence-corrected chi connectivity index (χ3v) is 3.87. The molecule has 0 fully saturated rings. The molecule has 1 heterocycles. The second-order valence-corrected chi connectivity index (χ2v) is 5.77. The highest BCUT2D eigenvalue weighted by Crippen LogP contribution is 2.18. The number of aromatic nitrogens is 2. The van der Waals surface area contributed by atoms with Gasteiger partial charge in [-0.1, -0.05) is 27.7 Å². The lowest BCUT2D eigenvalue weighted by atomic mass is 9.87. The van der Waals surface area contributed by atoms with Crippen LogP contribution in [0.4, 0.5) is 0 Å². The minimum absolute atomic E-state index is 0.541. The highest BCUT2D eigenvalue weighted by molar-refractivity contribution is 5.10. The molecule has 3 nitrogen and oxygen atoms in total. The molecule has 1 aromatic rings. The SMILES string of the molecule is CCCNC(Cc1cc(C)nn1C)C(C)C(C)C. The van der Waals surface area contributed by atoms with Crippen LogP contribution in [-0.4, -0.2) is 22.4 Å². The summed E-state index contributed by atoms with van der Waals surface area (Å²) in [6.07, 6.45) is 2.25. The zero-order valence-corrected chi connectivity index (χ0v) is 12.8. The summed E-state index contributed by atoms with van der Waals surface area (Å²) in [5.74, 6) is 1.38. The molecule has 0 saturated heterocycles. The van der Waals surface area contributed by atoms with Gasteiger partial charge in [0, 0.05) is 25.2 Å². The fourth-order valence-electron chi connectivity index (χ4n) is 2.32. The molecule has 0 saturated carbocycles. The van der Waals surface area contributed by atoms with E-state index < -0.39 is 0 Å². The van der Waals surface area contributed by atoms with E-state index >= 15 is 0 Å². The summed E-state index contributed by atoms with van der Waals surface area (Å²) in [5, 5.41) is 8.13. The van der Waals surface area contributed by atoms with E-state index in [1.807, 2.05) is 11.7 Å². The van der Waals surface area contributed by atoms with Crippen molar-refractivity contribution < 1.29 is 0 Å². The van der Waals surface area contributed by atoms with Gasteiger partial charge < -0.3 is 5.32 Å². The maximum Gasteiger partial charge on any atom is 0.0596 e. The van der Waals surface area contributed by atoms with Gasteiger partial charge in [0.2, 0.25) is 0 Å². The standard InChI is InChI=1S/C15H29N3/c1-7-8-16-15(13(5)11(2)3)10-14-9-12(4)17-18(14)6/h9,11,13,15-16H,7-8,10H2,1-6H3. The zero-order valence-electron chi connectivity index (χ0n) is 12.8. The Kier molecular flexibility index (Phi) is 5.86. The van der Waals surface area contributed by atoms with E-state index in [1.165, 1.54) is 12.1 Å². The normalized spacial score (nSPS) is 15.1. The van der Waals surface area contributed by atoms with Crippen LogP contribution in [0.3, 0.4) is 0 Å². The molecular weight excluding hydrogens is 222 g/mol. The minimum Gasteiger partial charge on any atom is -0.313 e. The maximum absolute atomic E-state index is 4.44. The van der Waals surface area contributed by atoms with Crippen LogP contribution in [0.15, 0.2) is 6.07 Å². The lowest BCUT2D eigenvalue weighted by molar-refractivity contribution is 0.293. The maximum atomic E-state index is 4.44. The molecule has 0 aliphatic heterocycles. The topological polar surface area (TPSA) is 29.9 Å². The molecule has 3 heteroatoms. The van der Waals surface area contributed by atoms with Crippen molar-refractivity contribution in [3.8, 4) is 0 Å². The smallest absolute Gasteiger partial charge is 0.0596 e. The third kappa shape index (κ3) is 4.13. The van der Waals surface area contributed by atoms with Crippen molar-refractivity contribution in [1.29, 1.82) is 0 Å². The Morgan fingerprint density at radius 2 is 2.00 bits per heavy atom. The first-order valence-electron chi connectivity index (χ1n) is 7.18. The largest absolute Gasteiger partial charge is 0.313 e. The first kappa shape index (κ1) is 15.2. The fourth-order valence-corrected chi connectivity index (χ4v) is 2.32. The number of nitrogens with one attached hydrogen (secondary N) is 1. The van der Waals surface area contributed by atoms with Crippen LogP contribution >= 0.6 is 0 Å². The molecule has 104 valence electrons. The second-order valence-electron chi connectivity index (χ2n) is 5.77. The van der Waals surface area contributed by atoms with Gasteiger partial charge in [-0.3, -0.25) is 4.68 Å². The number of aryl methyl sites for hydroxylation is 2. The van der Waals surface area contributed by atoms with Crippen molar-refractivity contribution in [2.45, 2.75) is 53.5 Å². The molecule has 0 amide bonds. The van der Waals surface area contributed by atoms with Gasteiger partial charge in [-0.2, -0.15) is 5.10 Å². The molecule has 1 rings (SSSR count). The van der Waals surface area contributed by atoms with Gasteiger partial charge >= 0.3 is 0 Å². The van der Waals surface area contributed by atoms with Crippen molar-refractivity contribution in [3.63, 3.8) is 0 Å². The van der Waals surface area contributed by atoms with E-state index in [0.29, 0.717) is 17.9 Å². The summed E-state index contributed by atoms with van der Waals surface area (Å²) in [4.78, 5) is 0. The molecule has 0 radical (unpaired) electrons. The van der Waals surface area contributed by atoms with E-state index in [1.54, 1.807) is 0 Å². The second kappa shape index (κ2) is 6.93. The van der Waals surface area contributed by atoms with Crippen LogP contribution in [0.1, 0.15) is 45.5 Å². The monoisotopic (exact) mass is 251 g/mol. The molecule has 0 bridgehead atoms. The quantitative estimate of drug-likeness (QED) is 0.807. The van der Waals surface area contributed by atoms with Crippen LogP contribution in [-0.2, 0) is 13.5 Å². The molecule has 0 spiro atoms. The van der Waals surface area contributed by atoms with Crippen LogP contribution in [0, 0.1) is 18.8 Å². The molecule has 0 aromatic carbocycles. The Bertz CT molecular complexity index is 355. The Morgan fingerprint density at radius 1 is 1.33 bits per heavy atom. The molecule has 0 aliphatic carbocycles. The van der Waals surface area contributed by atoms with Crippen LogP contribution in [0.5, 0.6) is 0 Å². The van der Waals surface area contributed by atoms with Crippen LogP contribution < -0.4 is 5.32 Å². The molecule has 2 atom stereocenters. The number of hydrogen-bond acceptors (Lipinski definition) is 2. The average molecular weight is 251 g/mol. The van der Waals surface area contributed by atoms with E-state index in [0.717, 1.165) is 18.7 Å². The first-order chi connectivity index (χ1) is 8.45. The van der Waals surface area contributed by atoms with Crippen LogP contribution in [0.2, 0.25) is 0 Å². The summed E-state index contributed by atoms with van der Waals surface area (Å²) in [5.41, 5.74) is 2.44. The highest BCUT2D eigenvalue weighted by Gasteiger charge is 2.21. The number of nitrogens with zero attached hydrogens (tertiary/aromatic N) is 2. The molecular formula is C15H29N3. The van der Waals surface area contributed by atoms with Crippen LogP contribution in [0.25, 0.3) is 0 Å². The van der Waals surface area contributed by atoms with Crippen molar-refractivity contribution in [2.75, 3.05) is 6.54 Å². The Balaban J connectivity index is 2.74. The summed E-state index contributed by atoms with van der Waals surface area (Å²) in [7, 11) is 2.04. The summed E-state index contributed by atoms with van der Waals surface area (Å²) < 4.78 is 2.02. The zero-order chi connectivity index (χ0) is 13.7. The highest BCUT2D eigenvalue weighted by atomic mass is 15.3. The lowest BCUT2D eigenvalue weighted by Crippen LogP contribution is -2.39. The van der Waals surface area contributed by atoms with Gasteiger partial charge in [0.1, 0.15) is 0 Å². The number of hydrogen-bond donors (Lipinski definition) is 1. The molecule has 18 heavy (non-hydrogen) atoms. The molecule has 1 N–H and O–H groups in total. The van der Waals surface area contributed by atoms with E-state index in [-0.39, 0.29) is 0 Å². The van der Waals surface area contributed by atoms with Gasteiger partial charge in [0.05, 0.1) is 5.69 Å². The molecule has 0 aliphatic rings. The van der Waals surface area contributed by atoms with Gasteiger partial charge in [0.15, 0.2) is 0 Å². The summed E-state index contributed by atoms with van der Waals surface area (Å²) in [6.45, 7) is 12.3. The fraction of sp³-hybridized carbons (Fsp3) is 0.800. The van der Waals surface area contributed by atoms with Crippen molar-refractivity contribution >= 4 is 0 Å². The average Bonchev–Trinajstić information content (AvgIpc) is 2.62. The number of rotatable bonds is 7. The Hall–Kier alpha value is -0.830. The van der Waals surface area contributed by atoms with E-state index in [2.05, 4.69) is 51.1 Å². The summed E-state index contributed by atoms with van der Waals surface area (Å²) in [6, 6.07) is 2.74. The minimum atomic E-state index is 0.541. The predicted octanol–water partition coefficient (Wildman–Crippen LogP) is 2.93. The van der Waals surface area contributed by atoms with Gasteiger partial charge in [-0.25, -0.2) is 0 Å². The lowest BCUT2D eigenvalue weighted by Gasteiger charge is -2.28. The Morgan fingerprint density at radius 3 is 2.44 bits per heavy atom. The molecule has 1 aromatic heterocycles. The third-order valence-electron chi connectivity index (χ3n) is 3.87. The van der Waals surface area contributed by atoms with Gasteiger partial charge in [0.25, 0.3) is 0 Å². The molecule has 2 unspecified atom stereocenters. The van der Waals surface area contributed by atoms with E-state index in [4.69, 9.17) is 0 Å². The van der Waals surface area contributed by atoms with Crippen molar-refractivity contribution in [1.82, 2.24) is 15.1 Å². The van der Waals surface area contributed by atoms with Gasteiger partial charge in [-0.15, -0.1) is 0 Å². The van der Waals surface area contributed by atoms with Gasteiger partial charge in [-0.05, 0) is 37.8 Å². The summed E-state index contributed by atoms with van der Waals surface area (Å²) >= 11 is 0. The van der Waals surface area contributed by atoms with Crippen molar-refractivity contribution in [2.24, 2.45) is 18.9 Å². The van der Waals surface area contributed by atoms with Crippen molar-refractivity contribution in [3.05, 3.63) is 17.5 Å². The predicted molar refractivity (Wildman–Crippen MR) is 77.7 cm³/mol.